The first-order valence-corrected chi connectivity index (χ1v) is 7.88. The zero-order chi connectivity index (χ0) is 13.5. The maximum Gasteiger partial charge on any atom is 0.0594 e. The molecule has 1 aliphatic rings. The highest BCUT2D eigenvalue weighted by Gasteiger charge is 2.09. The van der Waals surface area contributed by atoms with Crippen molar-refractivity contribution in [2.45, 2.75) is 13.0 Å². The summed E-state index contributed by atoms with van der Waals surface area (Å²) in [5.74, 6) is 0. The molecule has 106 valence electrons. The second kappa shape index (κ2) is 8.22. The Morgan fingerprint density at radius 2 is 2.11 bits per heavy atom. The van der Waals surface area contributed by atoms with E-state index < -0.39 is 0 Å². The monoisotopic (exact) mass is 346 g/mol. The minimum Gasteiger partial charge on any atom is -0.379 e. The van der Waals surface area contributed by atoms with Crippen LogP contribution in [-0.4, -0.2) is 44.3 Å². The Kier molecular flexibility index (Phi) is 6.61. The van der Waals surface area contributed by atoms with E-state index in [0.717, 1.165) is 67.4 Å². The summed E-state index contributed by atoms with van der Waals surface area (Å²) in [6, 6.07) is 6.03. The number of hydrogen-bond acceptors (Lipinski definition) is 3. The molecule has 0 bridgehead atoms. The number of morpholine rings is 1. The van der Waals surface area contributed by atoms with Gasteiger partial charge in [-0.25, -0.2) is 0 Å². The van der Waals surface area contributed by atoms with Crippen molar-refractivity contribution in [3.05, 3.63) is 33.3 Å². The summed E-state index contributed by atoms with van der Waals surface area (Å²) in [6.07, 6.45) is 1.16. The minimum absolute atomic E-state index is 0.808. The Balaban J connectivity index is 1.62. The van der Waals surface area contributed by atoms with Crippen molar-refractivity contribution in [3.8, 4) is 0 Å². The van der Waals surface area contributed by atoms with Crippen LogP contribution in [0, 0.1) is 0 Å². The summed E-state index contributed by atoms with van der Waals surface area (Å²) >= 11 is 9.66. The van der Waals surface area contributed by atoms with E-state index in [1.165, 1.54) is 0 Å². The summed E-state index contributed by atoms with van der Waals surface area (Å²) in [6.45, 7) is 6.86. The third-order valence-corrected chi connectivity index (χ3v) is 4.61. The lowest BCUT2D eigenvalue weighted by atomic mass is 10.2. The van der Waals surface area contributed by atoms with E-state index in [-0.39, 0.29) is 0 Å². The van der Waals surface area contributed by atoms with Gasteiger partial charge in [0.05, 0.1) is 18.2 Å². The van der Waals surface area contributed by atoms with Crippen molar-refractivity contribution in [3.63, 3.8) is 0 Å². The van der Waals surface area contributed by atoms with Crippen LogP contribution in [0.4, 0.5) is 0 Å². The van der Waals surface area contributed by atoms with Gasteiger partial charge in [-0.3, -0.25) is 4.90 Å². The molecule has 0 radical (unpaired) electrons. The van der Waals surface area contributed by atoms with Gasteiger partial charge in [0.1, 0.15) is 0 Å². The summed E-state index contributed by atoms with van der Waals surface area (Å²) < 4.78 is 6.29. The normalized spacial score (nSPS) is 16.7. The van der Waals surface area contributed by atoms with Gasteiger partial charge in [-0.15, -0.1) is 0 Å². The molecular formula is C14H20BrClN2O. The first-order chi connectivity index (χ1) is 9.27. The van der Waals surface area contributed by atoms with E-state index in [1.807, 2.05) is 12.1 Å². The molecule has 2 rings (SSSR count). The largest absolute Gasteiger partial charge is 0.379 e. The van der Waals surface area contributed by atoms with E-state index in [1.54, 1.807) is 0 Å². The molecule has 1 heterocycles. The van der Waals surface area contributed by atoms with Gasteiger partial charge >= 0.3 is 0 Å². The van der Waals surface area contributed by atoms with E-state index in [4.69, 9.17) is 16.3 Å². The lowest BCUT2D eigenvalue weighted by Crippen LogP contribution is -2.37. The van der Waals surface area contributed by atoms with Gasteiger partial charge in [0.25, 0.3) is 0 Å². The Morgan fingerprint density at radius 1 is 1.32 bits per heavy atom. The van der Waals surface area contributed by atoms with Gasteiger partial charge in [-0.05, 0) is 47.1 Å². The fourth-order valence-electron chi connectivity index (χ4n) is 2.16. The molecular weight excluding hydrogens is 328 g/mol. The van der Waals surface area contributed by atoms with Gasteiger partial charge < -0.3 is 10.1 Å². The van der Waals surface area contributed by atoms with Gasteiger partial charge in [-0.2, -0.15) is 0 Å². The molecule has 3 nitrogen and oxygen atoms in total. The molecule has 0 aliphatic carbocycles. The Hall–Kier alpha value is -0.130. The highest BCUT2D eigenvalue weighted by Crippen LogP contribution is 2.25. The summed E-state index contributed by atoms with van der Waals surface area (Å²) in [5, 5.41) is 4.25. The standard InChI is InChI=1S/C14H20BrClN2O/c15-13-4-1-3-12(14(13)16)11-17-5-2-6-18-7-9-19-10-8-18/h1,3-4,17H,2,5-11H2. The number of hydrogen-bond donors (Lipinski definition) is 1. The predicted octanol–water partition coefficient (Wildman–Crippen LogP) is 2.91. The summed E-state index contributed by atoms with van der Waals surface area (Å²) in [7, 11) is 0. The zero-order valence-corrected chi connectivity index (χ0v) is 13.3. The Morgan fingerprint density at radius 3 is 2.89 bits per heavy atom. The first kappa shape index (κ1) is 15.3. The Bertz CT molecular complexity index is 397. The van der Waals surface area contributed by atoms with Crippen molar-refractivity contribution in [2.24, 2.45) is 0 Å². The van der Waals surface area contributed by atoms with E-state index in [9.17, 15) is 0 Å². The number of nitrogens with one attached hydrogen (secondary N) is 1. The number of benzene rings is 1. The van der Waals surface area contributed by atoms with Crippen molar-refractivity contribution < 1.29 is 4.74 Å². The smallest absolute Gasteiger partial charge is 0.0594 e. The van der Waals surface area contributed by atoms with Gasteiger partial charge in [0, 0.05) is 24.1 Å². The predicted molar refractivity (Wildman–Crippen MR) is 82.7 cm³/mol. The molecule has 0 unspecified atom stereocenters. The molecule has 0 aromatic heterocycles. The van der Waals surface area contributed by atoms with Gasteiger partial charge in [-0.1, -0.05) is 23.7 Å². The fourth-order valence-corrected chi connectivity index (χ4v) is 2.76. The molecule has 1 aromatic carbocycles. The number of halogens is 2. The van der Waals surface area contributed by atoms with Crippen LogP contribution in [0.25, 0.3) is 0 Å². The molecule has 1 fully saturated rings. The highest BCUT2D eigenvalue weighted by atomic mass is 79.9. The minimum atomic E-state index is 0.808. The average Bonchev–Trinajstić information content (AvgIpc) is 2.44. The van der Waals surface area contributed by atoms with Crippen LogP contribution in [-0.2, 0) is 11.3 Å². The Labute approximate surface area is 128 Å². The second-order valence-electron chi connectivity index (χ2n) is 4.70. The van der Waals surface area contributed by atoms with E-state index >= 15 is 0 Å². The van der Waals surface area contributed by atoms with Crippen molar-refractivity contribution >= 4 is 27.5 Å². The molecule has 0 amide bonds. The van der Waals surface area contributed by atoms with E-state index in [2.05, 4.69) is 32.2 Å². The number of nitrogens with zero attached hydrogens (tertiary/aromatic N) is 1. The van der Waals surface area contributed by atoms with E-state index in [0.29, 0.717) is 0 Å². The maximum atomic E-state index is 6.22. The molecule has 1 N–H and O–H groups in total. The zero-order valence-electron chi connectivity index (χ0n) is 11.0. The SMILES string of the molecule is Clc1c(Br)cccc1CNCCCN1CCOCC1. The van der Waals surface area contributed by atoms with Crippen LogP contribution in [0.15, 0.2) is 22.7 Å². The van der Waals surface area contributed by atoms with Crippen LogP contribution in [0.2, 0.25) is 5.02 Å². The lowest BCUT2D eigenvalue weighted by Gasteiger charge is -2.26. The second-order valence-corrected chi connectivity index (χ2v) is 5.93. The quantitative estimate of drug-likeness (QED) is 0.801. The molecule has 0 atom stereocenters. The highest BCUT2D eigenvalue weighted by molar-refractivity contribution is 9.10. The third-order valence-electron chi connectivity index (χ3n) is 3.28. The van der Waals surface area contributed by atoms with Crippen LogP contribution in [0.3, 0.4) is 0 Å². The topological polar surface area (TPSA) is 24.5 Å². The van der Waals surface area contributed by atoms with Crippen LogP contribution < -0.4 is 5.32 Å². The third kappa shape index (κ3) is 5.04. The molecule has 1 saturated heterocycles. The first-order valence-electron chi connectivity index (χ1n) is 6.71. The molecule has 0 saturated carbocycles. The average molecular weight is 348 g/mol. The molecule has 1 aliphatic heterocycles. The van der Waals surface area contributed by atoms with Crippen molar-refractivity contribution in [2.75, 3.05) is 39.4 Å². The van der Waals surface area contributed by atoms with Crippen LogP contribution >= 0.6 is 27.5 Å². The van der Waals surface area contributed by atoms with Gasteiger partial charge in [0.15, 0.2) is 0 Å². The van der Waals surface area contributed by atoms with Crippen molar-refractivity contribution in [1.82, 2.24) is 10.2 Å². The number of rotatable bonds is 6. The molecule has 5 heteroatoms. The van der Waals surface area contributed by atoms with Crippen LogP contribution in [0.1, 0.15) is 12.0 Å². The fraction of sp³-hybridized carbons (Fsp3) is 0.571. The molecule has 19 heavy (non-hydrogen) atoms. The van der Waals surface area contributed by atoms with Crippen molar-refractivity contribution in [1.29, 1.82) is 0 Å². The summed E-state index contributed by atoms with van der Waals surface area (Å²) in [4.78, 5) is 2.46. The molecule has 0 spiro atoms. The molecule has 1 aromatic rings. The summed E-state index contributed by atoms with van der Waals surface area (Å²) in [5.41, 5.74) is 1.14. The van der Waals surface area contributed by atoms with Gasteiger partial charge in [0.2, 0.25) is 0 Å². The number of ether oxygens (including phenoxy) is 1. The van der Waals surface area contributed by atoms with Crippen LogP contribution in [0.5, 0.6) is 0 Å². The lowest BCUT2D eigenvalue weighted by molar-refractivity contribution is 0.0374. The maximum absolute atomic E-state index is 6.22.